The average molecular weight is 172 g/mol. The van der Waals surface area contributed by atoms with Gasteiger partial charge in [-0.3, -0.25) is 0 Å². The van der Waals surface area contributed by atoms with E-state index in [0.717, 1.165) is 11.8 Å². The number of rotatable bonds is 0. The lowest BCUT2D eigenvalue weighted by Crippen LogP contribution is -2.49. The standard InChI is InChI=1S/C13H16/c1-2-4-13-6-5-12(13,3-1)8-10-7-11(10)9-13/h1-2,5-6,10-11H,3-4,7-9H2. The maximum Gasteiger partial charge on any atom is 0.00131 e. The van der Waals surface area contributed by atoms with Gasteiger partial charge in [-0.1, -0.05) is 24.3 Å². The van der Waals surface area contributed by atoms with Crippen LogP contribution in [0.2, 0.25) is 0 Å². The van der Waals surface area contributed by atoms with Gasteiger partial charge in [0, 0.05) is 10.8 Å². The molecule has 4 rings (SSSR count). The van der Waals surface area contributed by atoms with Crippen LogP contribution in [0.25, 0.3) is 0 Å². The molecule has 2 saturated carbocycles. The average Bonchev–Trinajstić information content (AvgIpc) is 2.84. The Balaban J connectivity index is 1.83. The third-order valence-corrected chi connectivity index (χ3v) is 5.17. The van der Waals surface area contributed by atoms with E-state index < -0.39 is 0 Å². The van der Waals surface area contributed by atoms with Crippen LogP contribution >= 0.6 is 0 Å². The zero-order valence-electron chi connectivity index (χ0n) is 8.00. The van der Waals surface area contributed by atoms with Gasteiger partial charge in [0.05, 0.1) is 0 Å². The fourth-order valence-corrected chi connectivity index (χ4v) is 4.14. The highest BCUT2D eigenvalue weighted by Crippen LogP contribution is 2.72. The fourth-order valence-electron chi connectivity index (χ4n) is 4.14. The van der Waals surface area contributed by atoms with Gasteiger partial charge >= 0.3 is 0 Å². The second kappa shape index (κ2) is 1.80. The van der Waals surface area contributed by atoms with Gasteiger partial charge in [-0.2, -0.15) is 0 Å². The van der Waals surface area contributed by atoms with E-state index in [9.17, 15) is 0 Å². The highest BCUT2D eigenvalue weighted by molar-refractivity contribution is 5.35. The van der Waals surface area contributed by atoms with Crippen LogP contribution in [-0.2, 0) is 0 Å². The molecule has 0 spiro atoms. The number of hydrogen-bond acceptors (Lipinski definition) is 0. The highest BCUT2D eigenvalue weighted by atomic mass is 14.7. The second-order valence-electron chi connectivity index (χ2n) is 5.69. The van der Waals surface area contributed by atoms with Gasteiger partial charge in [0.1, 0.15) is 0 Å². The SMILES string of the molecule is C1=CCC23C=CC2(C1)CC1CC1C3. The molecular weight excluding hydrogens is 156 g/mol. The molecule has 0 heteroatoms. The number of allylic oxidation sites excluding steroid dienone is 4. The molecule has 4 aliphatic rings. The third kappa shape index (κ3) is 0.630. The molecule has 68 valence electrons. The van der Waals surface area contributed by atoms with Gasteiger partial charge in [0.25, 0.3) is 0 Å². The monoisotopic (exact) mass is 172 g/mol. The Bertz CT molecular complexity index is 295. The molecule has 13 heavy (non-hydrogen) atoms. The van der Waals surface area contributed by atoms with Crippen molar-refractivity contribution in [2.24, 2.45) is 22.7 Å². The zero-order valence-corrected chi connectivity index (χ0v) is 8.00. The van der Waals surface area contributed by atoms with Crippen LogP contribution in [0.5, 0.6) is 0 Å². The molecule has 4 atom stereocenters. The lowest BCUT2D eigenvalue weighted by Gasteiger charge is -2.58. The summed E-state index contributed by atoms with van der Waals surface area (Å²) < 4.78 is 0. The second-order valence-corrected chi connectivity index (χ2v) is 5.69. The fraction of sp³-hybridized carbons (Fsp3) is 0.692. The molecule has 0 nitrogen and oxygen atoms in total. The molecule has 0 aromatic rings. The minimum Gasteiger partial charge on any atom is -0.0876 e. The molecule has 0 saturated heterocycles. The normalized spacial score (nSPS) is 60.3. The van der Waals surface area contributed by atoms with Crippen molar-refractivity contribution < 1.29 is 0 Å². The molecule has 0 radical (unpaired) electrons. The van der Waals surface area contributed by atoms with Crippen molar-refractivity contribution in [3.05, 3.63) is 24.3 Å². The highest BCUT2D eigenvalue weighted by Gasteiger charge is 2.62. The Kier molecular flexibility index (Phi) is 0.949. The maximum absolute atomic E-state index is 2.53. The van der Waals surface area contributed by atoms with E-state index in [1.807, 2.05) is 0 Å². The van der Waals surface area contributed by atoms with Crippen molar-refractivity contribution in [2.45, 2.75) is 32.1 Å². The van der Waals surface area contributed by atoms with Gasteiger partial charge in [0.2, 0.25) is 0 Å². The van der Waals surface area contributed by atoms with E-state index in [1.54, 1.807) is 6.42 Å². The van der Waals surface area contributed by atoms with Crippen LogP contribution in [0.4, 0.5) is 0 Å². The quantitative estimate of drug-likeness (QED) is 0.492. The third-order valence-electron chi connectivity index (χ3n) is 5.17. The van der Waals surface area contributed by atoms with Gasteiger partial charge in [-0.05, 0) is 43.9 Å². The molecule has 0 bridgehead atoms. The van der Waals surface area contributed by atoms with Gasteiger partial charge in [-0.15, -0.1) is 0 Å². The van der Waals surface area contributed by atoms with Crippen LogP contribution in [-0.4, -0.2) is 0 Å². The summed E-state index contributed by atoms with van der Waals surface area (Å²) in [6.45, 7) is 0. The Labute approximate surface area is 79.7 Å². The molecular formula is C13H16. The summed E-state index contributed by atoms with van der Waals surface area (Å²) in [6.07, 6.45) is 17.2. The summed E-state index contributed by atoms with van der Waals surface area (Å²) in [6, 6.07) is 0. The molecule has 4 unspecified atom stereocenters. The summed E-state index contributed by atoms with van der Waals surface area (Å²) in [5.41, 5.74) is 1.28. The largest absolute Gasteiger partial charge is 0.0876 e. The van der Waals surface area contributed by atoms with Crippen molar-refractivity contribution in [1.29, 1.82) is 0 Å². The molecule has 0 amide bonds. The predicted molar refractivity (Wildman–Crippen MR) is 53.2 cm³/mol. The summed E-state index contributed by atoms with van der Waals surface area (Å²) in [7, 11) is 0. The smallest absolute Gasteiger partial charge is 0.00131 e. The topological polar surface area (TPSA) is 0 Å². The van der Waals surface area contributed by atoms with Crippen molar-refractivity contribution in [3.63, 3.8) is 0 Å². The van der Waals surface area contributed by atoms with Crippen LogP contribution in [0.1, 0.15) is 32.1 Å². The molecule has 0 heterocycles. The first-order chi connectivity index (χ1) is 6.34. The van der Waals surface area contributed by atoms with Crippen molar-refractivity contribution >= 4 is 0 Å². The van der Waals surface area contributed by atoms with Gasteiger partial charge in [-0.25, -0.2) is 0 Å². The molecule has 4 aliphatic carbocycles. The predicted octanol–water partition coefficient (Wildman–Crippen LogP) is 3.31. The summed E-state index contributed by atoms with van der Waals surface area (Å²) >= 11 is 0. The molecule has 0 aromatic heterocycles. The number of fused-ring (bicyclic) bond motifs is 1. The first kappa shape index (κ1) is 6.86. The molecule has 2 fully saturated rings. The minimum atomic E-state index is 0.638. The summed E-state index contributed by atoms with van der Waals surface area (Å²) in [5.74, 6) is 2.23. The number of hydrogen-bond donors (Lipinski definition) is 0. The first-order valence-electron chi connectivity index (χ1n) is 5.69. The van der Waals surface area contributed by atoms with Gasteiger partial charge < -0.3 is 0 Å². The Morgan fingerprint density at radius 1 is 0.846 bits per heavy atom. The minimum absolute atomic E-state index is 0.638. The van der Waals surface area contributed by atoms with E-state index in [4.69, 9.17) is 0 Å². The zero-order chi connectivity index (χ0) is 8.52. The van der Waals surface area contributed by atoms with Crippen LogP contribution in [0.15, 0.2) is 24.3 Å². The Morgan fingerprint density at radius 3 is 1.85 bits per heavy atom. The van der Waals surface area contributed by atoms with Crippen molar-refractivity contribution in [2.75, 3.05) is 0 Å². The Morgan fingerprint density at radius 2 is 1.38 bits per heavy atom. The van der Waals surface area contributed by atoms with E-state index in [0.29, 0.717) is 10.8 Å². The first-order valence-corrected chi connectivity index (χ1v) is 5.69. The van der Waals surface area contributed by atoms with E-state index in [2.05, 4.69) is 24.3 Å². The van der Waals surface area contributed by atoms with Gasteiger partial charge in [0.15, 0.2) is 0 Å². The summed E-state index contributed by atoms with van der Waals surface area (Å²) in [5, 5.41) is 0. The van der Waals surface area contributed by atoms with Crippen LogP contribution in [0, 0.1) is 22.7 Å². The lowest BCUT2D eigenvalue weighted by molar-refractivity contribution is 0.0323. The van der Waals surface area contributed by atoms with Crippen molar-refractivity contribution in [1.82, 2.24) is 0 Å². The molecule has 0 N–H and O–H groups in total. The van der Waals surface area contributed by atoms with E-state index >= 15 is 0 Å². The summed E-state index contributed by atoms with van der Waals surface area (Å²) in [4.78, 5) is 0. The lowest BCUT2D eigenvalue weighted by atomic mass is 9.45. The van der Waals surface area contributed by atoms with Crippen molar-refractivity contribution in [3.8, 4) is 0 Å². The molecule has 0 aromatic carbocycles. The molecule has 0 aliphatic heterocycles. The van der Waals surface area contributed by atoms with Crippen LogP contribution in [0.3, 0.4) is 0 Å². The maximum atomic E-state index is 2.53. The Hall–Kier alpha value is -0.520. The van der Waals surface area contributed by atoms with E-state index in [-0.39, 0.29) is 0 Å². The van der Waals surface area contributed by atoms with E-state index in [1.165, 1.54) is 25.7 Å². The van der Waals surface area contributed by atoms with Crippen LogP contribution < -0.4 is 0 Å².